The Morgan fingerprint density at radius 2 is 1.95 bits per heavy atom. The van der Waals surface area contributed by atoms with Crippen LogP contribution in [0.2, 0.25) is 0 Å². The summed E-state index contributed by atoms with van der Waals surface area (Å²) in [5.74, 6) is 0. The van der Waals surface area contributed by atoms with Crippen LogP contribution in [0.25, 0.3) is 16.9 Å². The molecular weight excluding hydrogens is 277 g/mol. The van der Waals surface area contributed by atoms with E-state index in [1.165, 1.54) is 6.07 Å². The van der Waals surface area contributed by atoms with E-state index >= 15 is 0 Å². The lowest BCUT2D eigenvalue weighted by atomic mass is 10.1. The molecule has 2 nitrogen and oxygen atoms in total. The third-order valence-electron chi connectivity index (χ3n) is 3.43. The molecule has 0 saturated heterocycles. The fourth-order valence-electron chi connectivity index (χ4n) is 2.34. The molecule has 3 aromatic rings. The van der Waals surface area contributed by atoms with Crippen molar-refractivity contribution in [2.24, 2.45) is 0 Å². The number of aryl methyl sites for hydroxylation is 1. The second-order valence-corrected chi connectivity index (χ2v) is 4.82. The van der Waals surface area contributed by atoms with Gasteiger partial charge in [0.1, 0.15) is 5.65 Å². The van der Waals surface area contributed by atoms with E-state index in [4.69, 9.17) is 0 Å². The summed E-state index contributed by atoms with van der Waals surface area (Å²) in [6.45, 7) is 2.02. The highest BCUT2D eigenvalue weighted by atomic mass is 19.4. The van der Waals surface area contributed by atoms with Crippen molar-refractivity contribution in [3.05, 3.63) is 59.9 Å². The number of pyridine rings is 1. The number of imidazole rings is 1. The van der Waals surface area contributed by atoms with Gasteiger partial charge in [-0.05, 0) is 30.2 Å². The summed E-state index contributed by atoms with van der Waals surface area (Å²) in [6.07, 6.45) is 0.0791. The predicted octanol–water partition coefficient (Wildman–Crippen LogP) is 4.58. The number of aromatic nitrogens is 2. The molecule has 3 rings (SSSR count). The molecule has 0 saturated carbocycles. The Bertz CT molecular complexity index is 788. The van der Waals surface area contributed by atoms with Crippen LogP contribution in [-0.2, 0) is 12.6 Å². The van der Waals surface area contributed by atoms with Crippen LogP contribution in [0.3, 0.4) is 0 Å². The molecule has 0 N–H and O–H groups in total. The highest BCUT2D eigenvalue weighted by Gasteiger charge is 2.30. The van der Waals surface area contributed by atoms with Crippen molar-refractivity contribution in [3.63, 3.8) is 0 Å². The maximum atomic E-state index is 12.8. The van der Waals surface area contributed by atoms with Gasteiger partial charge in [-0.3, -0.25) is 0 Å². The monoisotopic (exact) mass is 290 g/mol. The third-order valence-corrected chi connectivity index (χ3v) is 3.43. The molecule has 0 aliphatic carbocycles. The van der Waals surface area contributed by atoms with Gasteiger partial charge in [-0.2, -0.15) is 13.2 Å². The summed E-state index contributed by atoms with van der Waals surface area (Å²) in [5, 5.41) is 0. The molecule has 21 heavy (non-hydrogen) atoms. The van der Waals surface area contributed by atoms with Crippen LogP contribution in [0.4, 0.5) is 13.2 Å². The number of hydrogen-bond acceptors (Lipinski definition) is 1. The van der Waals surface area contributed by atoms with Gasteiger partial charge in [-0.1, -0.05) is 25.1 Å². The van der Waals surface area contributed by atoms with Gasteiger partial charge in [0.2, 0.25) is 0 Å². The molecule has 2 aromatic heterocycles. The van der Waals surface area contributed by atoms with E-state index in [0.29, 0.717) is 11.3 Å². The van der Waals surface area contributed by atoms with E-state index in [-0.39, 0.29) is 0 Å². The molecule has 0 aliphatic rings. The lowest BCUT2D eigenvalue weighted by Gasteiger charge is -2.07. The van der Waals surface area contributed by atoms with Crippen LogP contribution in [0, 0.1) is 0 Å². The van der Waals surface area contributed by atoms with E-state index in [0.717, 1.165) is 29.8 Å². The highest BCUT2D eigenvalue weighted by Crippen LogP contribution is 2.32. The van der Waals surface area contributed by atoms with Crippen LogP contribution >= 0.6 is 0 Å². The van der Waals surface area contributed by atoms with Gasteiger partial charge < -0.3 is 4.40 Å². The summed E-state index contributed by atoms with van der Waals surface area (Å²) in [7, 11) is 0. The first-order chi connectivity index (χ1) is 9.99. The van der Waals surface area contributed by atoms with Crippen molar-refractivity contribution in [2.45, 2.75) is 19.5 Å². The first kappa shape index (κ1) is 13.7. The van der Waals surface area contributed by atoms with E-state index in [2.05, 4.69) is 4.98 Å². The second-order valence-electron chi connectivity index (χ2n) is 4.82. The molecular formula is C16H13F3N2. The summed E-state index contributed by atoms with van der Waals surface area (Å²) in [5.41, 5.74) is 2.20. The van der Waals surface area contributed by atoms with Gasteiger partial charge in [0.25, 0.3) is 0 Å². The van der Waals surface area contributed by atoms with Gasteiger partial charge in [-0.25, -0.2) is 4.98 Å². The van der Waals surface area contributed by atoms with E-state index in [1.54, 1.807) is 12.3 Å². The summed E-state index contributed by atoms with van der Waals surface area (Å²) >= 11 is 0. The Hall–Kier alpha value is -2.30. The Morgan fingerprint density at radius 3 is 2.67 bits per heavy atom. The molecule has 2 heterocycles. The lowest BCUT2D eigenvalue weighted by Crippen LogP contribution is -2.04. The Kier molecular flexibility index (Phi) is 3.20. The van der Waals surface area contributed by atoms with Crippen LogP contribution in [0.5, 0.6) is 0 Å². The summed E-state index contributed by atoms with van der Waals surface area (Å²) < 4.78 is 40.2. The molecule has 0 radical (unpaired) electrons. The third kappa shape index (κ3) is 2.51. The normalized spacial score (nSPS) is 12.0. The molecule has 0 unspecified atom stereocenters. The number of benzene rings is 1. The Morgan fingerprint density at radius 1 is 1.14 bits per heavy atom. The largest absolute Gasteiger partial charge is 0.416 e. The second kappa shape index (κ2) is 4.91. The fraction of sp³-hybridized carbons (Fsp3) is 0.188. The average Bonchev–Trinajstić information content (AvgIpc) is 2.90. The zero-order valence-corrected chi connectivity index (χ0v) is 11.4. The minimum absolute atomic E-state index is 0.468. The molecule has 0 fully saturated rings. The van der Waals surface area contributed by atoms with Gasteiger partial charge in [-0.15, -0.1) is 0 Å². The molecule has 0 bridgehead atoms. The molecule has 5 heteroatoms. The van der Waals surface area contributed by atoms with Gasteiger partial charge >= 0.3 is 6.18 Å². The quantitative estimate of drug-likeness (QED) is 0.675. The van der Waals surface area contributed by atoms with Crippen LogP contribution in [0.15, 0.2) is 48.8 Å². The Balaban J connectivity index is 2.13. The van der Waals surface area contributed by atoms with Crippen LogP contribution in [0.1, 0.15) is 18.1 Å². The van der Waals surface area contributed by atoms with Gasteiger partial charge in [0.15, 0.2) is 0 Å². The van der Waals surface area contributed by atoms with Gasteiger partial charge in [0, 0.05) is 18.0 Å². The minimum atomic E-state index is -4.34. The number of nitrogens with zero attached hydrogens (tertiary/aromatic N) is 2. The first-order valence-corrected chi connectivity index (χ1v) is 6.63. The maximum absolute atomic E-state index is 12.8. The Labute approximate surface area is 119 Å². The minimum Gasteiger partial charge on any atom is -0.306 e. The molecule has 0 amide bonds. The topological polar surface area (TPSA) is 17.3 Å². The number of rotatable bonds is 2. The first-order valence-electron chi connectivity index (χ1n) is 6.63. The van der Waals surface area contributed by atoms with E-state index in [9.17, 15) is 13.2 Å². The molecule has 108 valence electrons. The number of fused-ring (bicyclic) bond motifs is 1. The van der Waals surface area contributed by atoms with Crippen LogP contribution < -0.4 is 0 Å². The molecule has 0 spiro atoms. The lowest BCUT2D eigenvalue weighted by molar-refractivity contribution is -0.137. The van der Waals surface area contributed by atoms with Gasteiger partial charge in [0.05, 0.1) is 11.3 Å². The van der Waals surface area contributed by atoms with Crippen molar-refractivity contribution < 1.29 is 13.2 Å². The number of halogens is 3. The predicted molar refractivity (Wildman–Crippen MR) is 75.0 cm³/mol. The summed E-state index contributed by atoms with van der Waals surface area (Å²) in [6, 6.07) is 9.12. The number of alkyl halides is 3. The molecule has 0 atom stereocenters. The van der Waals surface area contributed by atoms with Crippen molar-refractivity contribution in [1.29, 1.82) is 0 Å². The zero-order chi connectivity index (χ0) is 15.0. The van der Waals surface area contributed by atoms with Crippen LogP contribution in [-0.4, -0.2) is 9.38 Å². The fourth-order valence-corrected chi connectivity index (χ4v) is 2.34. The van der Waals surface area contributed by atoms with Crippen molar-refractivity contribution >= 4 is 5.65 Å². The van der Waals surface area contributed by atoms with E-state index in [1.807, 2.05) is 29.7 Å². The smallest absolute Gasteiger partial charge is 0.306 e. The van der Waals surface area contributed by atoms with E-state index < -0.39 is 11.7 Å². The molecule has 0 aliphatic heterocycles. The highest BCUT2D eigenvalue weighted by molar-refractivity contribution is 5.65. The molecule has 1 aromatic carbocycles. The maximum Gasteiger partial charge on any atom is 0.416 e. The number of hydrogen-bond donors (Lipinski definition) is 0. The van der Waals surface area contributed by atoms with Crippen molar-refractivity contribution in [1.82, 2.24) is 9.38 Å². The summed E-state index contributed by atoms with van der Waals surface area (Å²) in [4.78, 5) is 4.47. The standard InChI is InChI=1S/C16H13F3N2/c1-2-11-6-4-8-21-10-14(20-15(11)21)12-5-3-7-13(9-12)16(17,18)19/h3-10H,2H2,1H3. The van der Waals surface area contributed by atoms with Crippen molar-refractivity contribution in [2.75, 3.05) is 0 Å². The zero-order valence-electron chi connectivity index (χ0n) is 11.4. The SMILES string of the molecule is CCc1cccn2cc(-c3cccc(C(F)(F)F)c3)nc12. The average molecular weight is 290 g/mol. The van der Waals surface area contributed by atoms with Crippen molar-refractivity contribution in [3.8, 4) is 11.3 Å².